The number of piperazine rings is 1. The molecule has 1 unspecified atom stereocenters. The zero-order valence-electron chi connectivity index (χ0n) is 13.6. The predicted molar refractivity (Wildman–Crippen MR) is 89.7 cm³/mol. The number of furan rings is 1. The Morgan fingerprint density at radius 3 is 2.76 bits per heavy atom. The molecule has 0 spiro atoms. The van der Waals surface area contributed by atoms with E-state index in [0.29, 0.717) is 25.4 Å². The molecule has 8 nitrogen and oxygen atoms in total. The van der Waals surface area contributed by atoms with E-state index in [0.717, 1.165) is 5.56 Å². The lowest BCUT2D eigenvalue weighted by Crippen LogP contribution is -2.48. The van der Waals surface area contributed by atoms with Crippen molar-refractivity contribution in [1.82, 2.24) is 10.2 Å². The number of sulfonamides is 1. The Morgan fingerprint density at radius 1 is 1.32 bits per heavy atom. The molecule has 9 heteroatoms. The van der Waals surface area contributed by atoms with Gasteiger partial charge in [0.2, 0.25) is 5.09 Å². The van der Waals surface area contributed by atoms with Crippen molar-refractivity contribution in [2.24, 2.45) is 5.14 Å². The van der Waals surface area contributed by atoms with Crippen molar-refractivity contribution in [2.75, 3.05) is 26.7 Å². The van der Waals surface area contributed by atoms with Crippen LogP contribution in [0.1, 0.15) is 22.2 Å². The summed E-state index contributed by atoms with van der Waals surface area (Å²) in [5.74, 6) is 0.219. The van der Waals surface area contributed by atoms with Crippen LogP contribution in [0.5, 0.6) is 5.75 Å². The summed E-state index contributed by atoms with van der Waals surface area (Å²) in [6.07, 6.45) is 0. The van der Waals surface area contributed by atoms with Crippen molar-refractivity contribution in [3.8, 4) is 5.75 Å². The molecule has 0 saturated carbocycles. The summed E-state index contributed by atoms with van der Waals surface area (Å²) >= 11 is 0. The summed E-state index contributed by atoms with van der Waals surface area (Å²) in [5.41, 5.74) is 0.865. The number of carbonyl (C=O) groups is 1. The summed E-state index contributed by atoms with van der Waals surface area (Å²) < 4.78 is 33.2. The fourth-order valence-electron chi connectivity index (χ4n) is 2.90. The second-order valence-corrected chi connectivity index (χ2v) is 7.12. The number of hydrogen-bond donors (Lipinski definition) is 2. The summed E-state index contributed by atoms with van der Waals surface area (Å²) in [4.78, 5) is 14.5. The molecule has 3 N–H and O–H groups in total. The Hall–Kier alpha value is -2.36. The van der Waals surface area contributed by atoms with Gasteiger partial charge in [0.25, 0.3) is 15.9 Å². The molecule has 1 atom stereocenters. The molecule has 0 bridgehead atoms. The first-order chi connectivity index (χ1) is 11.9. The molecule has 0 aliphatic carbocycles. The van der Waals surface area contributed by atoms with Crippen LogP contribution in [0, 0.1) is 0 Å². The van der Waals surface area contributed by atoms with E-state index in [9.17, 15) is 13.2 Å². The van der Waals surface area contributed by atoms with Crippen molar-refractivity contribution in [1.29, 1.82) is 0 Å². The number of ether oxygens (including phenoxy) is 1. The van der Waals surface area contributed by atoms with Crippen molar-refractivity contribution in [3.05, 3.63) is 47.7 Å². The standard InChI is InChI=1S/C16H19N3O5S/c1-23-13-5-3-2-4-11(13)12-10-18-8-9-19(12)16(20)14-6-7-15(24-14)25(17,21)22/h2-7,12,18H,8-10H2,1H3,(H2,17,21,22). The molecule has 3 rings (SSSR count). The summed E-state index contributed by atoms with van der Waals surface area (Å²) in [6, 6.07) is 9.71. The van der Waals surface area contributed by atoms with Crippen LogP contribution in [0.3, 0.4) is 0 Å². The highest BCUT2D eigenvalue weighted by Gasteiger charge is 2.32. The number of nitrogens with two attached hydrogens (primary N) is 1. The monoisotopic (exact) mass is 365 g/mol. The zero-order valence-corrected chi connectivity index (χ0v) is 14.5. The van der Waals surface area contributed by atoms with E-state index in [1.165, 1.54) is 12.1 Å². The highest BCUT2D eigenvalue weighted by atomic mass is 32.2. The first kappa shape index (κ1) is 17.5. The Morgan fingerprint density at radius 2 is 2.08 bits per heavy atom. The van der Waals surface area contributed by atoms with Crippen LogP contribution >= 0.6 is 0 Å². The van der Waals surface area contributed by atoms with Gasteiger partial charge in [-0.15, -0.1) is 0 Å². The predicted octanol–water partition coefficient (Wildman–Crippen LogP) is 0.722. The van der Waals surface area contributed by atoms with Crippen molar-refractivity contribution in [3.63, 3.8) is 0 Å². The lowest BCUT2D eigenvalue weighted by atomic mass is 10.0. The molecular formula is C16H19N3O5S. The number of nitrogens with zero attached hydrogens (tertiary/aromatic N) is 1. The number of benzene rings is 1. The van der Waals surface area contributed by atoms with Crippen LogP contribution in [-0.2, 0) is 10.0 Å². The third-order valence-corrected chi connectivity index (χ3v) is 4.85. The number of nitrogens with one attached hydrogen (secondary N) is 1. The molecule has 2 heterocycles. The summed E-state index contributed by atoms with van der Waals surface area (Å²) in [7, 11) is -2.42. The maximum atomic E-state index is 12.9. The summed E-state index contributed by atoms with van der Waals surface area (Å²) in [6.45, 7) is 1.63. The van der Waals surface area contributed by atoms with Gasteiger partial charge in [0.15, 0.2) is 5.76 Å². The molecule has 2 aromatic rings. The fraction of sp³-hybridized carbons (Fsp3) is 0.312. The van der Waals surface area contributed by atoms with Crippen LogP contribution in [0.4, 0.5) is 0 Å². The highest BCUT2D eigenvalue weighted by molar-refractivity contribution is 7.89. The minimum Gasteiger partial charge on any atom is -0.496 e. The molecule has 1 aliphatic heterocycles. The zero-order chi connectivity index (χ0) is 18.0. The third kappa shape index (κ3) is 3.53. The van der Waals surface area contributed by atoms with E-state index < -0.39 is 21.0 Å². The largest absolute Gasteiger partial charge is 0.496 e. The van der Waals surface area contributed by atoms with Gasteiger partial charge in [-0.2, -0.15) is 0 Å². The minimum atomic E-state index is -3.99. The van der Waals surface area contributed by atoms with E-state index in [2.05, 4.69) is 5.32 Å². The molecule has 0 radical (unpaired) electrons. The lowest BCUT2D eigenvalue weighted by Gasteiger charge is -2.36. The van der Waals surface area contributed by atoms with Gasteiger partial charge in [-0.3, -0.25) is 4.79 Å². The number of carbonyl (C=O) groups excluding carboxylic acids is 1. The number of methoxy groups -OCH3 is 1. The average Bonchev–Trinajstić information content (AvgIpc) is 3.11. The van der Waals surface area contributed by atoms with Gasteiger partial charge in [-0.1, -0.05) is 18.2 Å². The van der Waals surface area contributed by atoms with Gasteiger partial charge in [-0.25, -0.2) is 13.6 Å². The first-order valence-corrected chi connectivity index (χ1v) is 9.23. The Balaban J connectivity index is 1.93. The molecule has 1 saturated heterocycles. The van der Waals surface area contributed by atoms with Gasteiger partial charge < -0.3 is 19.4 Å². The van der Waals surface area contributed by atoms with E-state index in [1.54, 1.807) is 12.0 Å². The second kappa shape index (κ2) is 6.87. The highest BCUT2D eigenvalue weighted by Crippen LogP contribution is 2.31. The number of amides is 1. The Labute approximate surface area is 145 Å². The Bertz CT molecular complexity index is 877. The average molecular weight is 365 g/mol. The smallest absolute Gasteiger partial charge is 0.290 e. The van der Waals surface area contributed by atoms with Crippen molar-refractivity contribution < 1.29 is 22.4 Å². The van der Waals surface area contributed by atoms with Crippen LogP contribution in [0.25, 0.3) is 0 Å². The second-order valence-electron chi connectivity index (χ2n) is 5.62. The fourth-order valence-corrected chi connectivity index (χ4v) is 3.36. The summed E-state index contributed by atoms with van der Waals surface area (Å²) in [5, 5.41) is 7.86. The quantitative estimate of drug-likeness (QED) is 0.825. The topological polar surface area (TPSA) is 115 Å². The lowest BCUT2D eigenvalue weighted by molar-refractivity contribution is 0.0593. The molecule has 1 amide bonds. The number of rotatable bonds is 4. The molecule has 1 aliphatic rings. The molecule has 1 aromatic heterocycles. The third-order valence-electron chi connectivity index (χ3n) is 4.07. The normalized spacial score (nSPS) is 18.2. The number of hydrogen-bond acceptors (Lipinski definition) is 6. The molecule has 25 heavy (non-hydrogen) atoms. The van der Waals surface area contributed by atoms with Gasteiger partial charge in [0.05, 0.1) is 13.2 Å². The minimum absolute atomic E-state index is 0.0641. The van der Waals surface area contributed by atoms with E-state index in [-0.39, 0.29) is 11.8 Å². The van der Waals surface area contributed by atoms with Crippen molar-refractivity contribution in [2.45, 2.75) is 11.1 Å². The van der Waals surface area contributed by atoms with Crippen LogP contribution in [0.15, 0.2) is 45.9 Å². The van der Waals surface area contributed by atoms with E-state index >= 15 is 0 Å². The van der Waals surface area contributed by atoms with Crippen LogP contribution < -0.4 is 15.2 Å². The van der Waals surface area contributed by atoms with Crippen molar-refractivity contribution >= 4 is 15.9 Å². The maximum Gasteiger partial charge on any atom is 0.290 e. The van der Waals surface area contributed by atoms with Gasteiger partial charge in [-0.05, 0) is 18.2 Å². The molecule has 1 aromatic carbocycles. The maximum absolute atomic E-state index is 12.9. The van der Waals surface area contributed by atoms with Crippen LogP contribution in [-0.4, -0.2) is 46.0 Å². The number of para-hydroxylation sites is 1. The van der Waals surface area contributed by atoms with Gasteiger partial charge in [0, 0.05) is 25.2 Å². The SMILES string of the molecule is COc1ccccc1C1CNCCN1C(=O)c1ccc(S(N)(=O)=O)o1. The van der Waals surface area contributed by atoms with Crippen LogP contribution in [0.2, 0.25) is 0 Å². The molecular weight excluding hydrogens is 346 g/mol. The molecule has 134 valence electrons. The number of primary sulfonamides is 1. The molecule has 1 fully saturated rings. The van der Waals surface area contributed by atoms with E-state index in [1.807, 2.05) is 24.3 Å². The van der Waals surface area contributed by atoms with Gasteiger partial charge in [0.1, 0.15) is 5.75 Å². The van der Waals surface area contributed by atoms with E-state index in [4.69, 9.17) is 14.3 Å². The van der Waals surface area contributed by atoms with Gasteiger partial charge >= 0.3 is 0 Å². The Kier molecular flexibility index (Phi) is 4.80. The first-order valence-electron chi connectivity index (χ1n) is 7.69.